The van der Waals surface area contributed by atoms with Gasteiger partial charge < -0.3 is 4.74 Å². The summed E-state index contributed by atoms with van der Waals surface area (Å²) in [5.41, 5.74) is 3.10. The SMILES string of the molecule is COc1ccc(C)c2sc(N(Cc3ccccc3)C(=O)c3ccc(S(C)(=O)=O)cc3)nc12. The number of benzene rings is 3. The molecular weight excluding hydrogens is 444 g/mol. The molecule has 1 heterocycles. The van der Waals surface area contributed by atoms with Gasteiger partial charge in [-0.25, -0.2) is 13.4 Å². The van der Waals surface area contributed by atoms with Crippen molar-refractivity contribution in [1.29, 1.82) is 0 Å². The number of carbonyl (C=O) groups is 1. The molecule has 164 valence electrons. The fourth-order valence-corrected chi connectivity index (χ4v) is 5.05. The van der Waals surface area contributed by atoms with Crippen LogP contribution in [0.2, 0.25) is 0 Å². The van der Waals surface area contributed by atoms with Crippen molar-refractivity contribution in [2.75, 3.05) is 18.3 Å². The molecule has 0 radical (unpaired) electrons. The molecule has 4 aromatic rings. The van der Waals surface area contributed by atoms with Crippen LogP contribution < -0.4 is 9.64 Å². The fraction of sp³-hybridized carbons (Fsp3) is 0.167. The lowest BCUT2D eigenvalue weighted by molar-refractivity contribution is 0.0985. The van der Waals surface area contributed by atoms with Crippen molar-refractivity contribution >= 4 is 42.4 Å². The van der Waals surface area contributed by atoms with Crippen LogP contribution in [-0.2, 0) is 16.4 Å². The van der Waals surface area contributed by atoms with Crippen LogP contribution in [0.15, 0.2) is 71.6 Å². The highest BCUT2D eigenvalue weighted by Gasteiger charge is 2.23. The Hall–Kier alpha value is -3.23. The Kier molecular flexibility index (Phi) is 5.99. The first-order valence-corrected chi connectivity index (χ1v) is 12.6. The number of aromatic nitrogens is 1. The Balaban J connectivity index is 1.80. The number of sulfone groups is 1. The second-order valence-electron chi connectivity index (χ2n) is 7.43. The minimum absolute atomic E-state index is 0.170. The van der Waals surface area contributed by atoms with Crippen LogP contribution in [0.1, 0.15) is 21.5 Å². The molecule has 0 aliphatic heterocycles. The number of nitrogens with zero attached hydrogens (tertiary/aromatic N) is 2. The largest absolute Gasteiger partial charge is 0.494 e. The molecule has 0 atom stereocenters. The number of ether oxygens (including phenoxy) is 1. The number of anilines is 1. The highest BCUT2D eigenvalue weighted by atomic mass is 32.2. The Morgan fingerprint density at radius 2 is 1.72 bits per heavy atom. The van der Waals surface area contributed by atoms with Gasteiger partial charge in [-0.2, -0.15) is 0 Å². The molecule has 32 heavy (non-hydrogen) atoms. The van der Waals surface area contributed by atoms with Crippen molar-refractivity contribution in [3.8, 4) is 5.75 Å². The van der Waals surface area contributed by atoms with E-state index in [2.05, 4.69) is 0 Å². The molecule has 0 bridgehead atoms. The van der Waals surface area contributed by atoms with Gasteiger partial charge >= 0.3 is 0 Å². The zero-order valence-electron chi connectivity index (χ0n) is 17.9. The third-order valence-corrected chi connectivity index (χ3v) is 7.44. The van der Waals surface area contributed by atoms with Gasteiger partial charge in [0.05, 0.1) is 23.2 Å². The van der Waals surface area contributed by atoms with Gasteiger partial charge in [0.25, 0.3) is 5.91 Å². The highest BCUT2D eigenvalue weighted by Crippen LogP contribution is 2.37. The van der Waals surface area contributed by atoms with E-state index in [9.17, 15) is 13.2 Å². The summed E-state index contributed by atoms with van der Waals surface area (Å²) in [5, 5.41) is 0.550. The topological polar surface area (TPSA) is 76.6 Å². The number of hydrogen-bond donors (Lipinski definition) is 0. The maximum atomic E-state index is 13.5. The van der Waals surface area contributed by atoms with E-state index >= 15 is 0 Å². The predicted molar refractivity (Wildman–Crippen MR) is 127 cm³/mol. The van der Waals surface area contributed by atoms with E-state index in [1.54, 1.807) is 12.0 Å². The third-order valence-electron chi connectivity index (χ3n) is 5.10. The van der Waals surface area contributed by atoms with Crippen LogP contribution in [-0.4, -0.2) is 32.7 Å². The Morgan fingerprint density at radius 1 is 1.03 bits per heavy atom. The lowest BCUT2D eigenvalue weighted by atomic mass is 10.1. The molecule has 1 aromatic heterocycles. The van der Waals surface area contributed by atoms with Crippen molar-refractivity contribution in [1.82, 2.24) is 4.98 Å². The summed E-state index contributed by atoms with van der Waals surface area (Å²) in [7, 11) is -1.75. The molecule has 4 rings (SSSR count). The Morgan fingerprint density at radius 3 is 2.34 bits per heavy atom. The van der Waals surface area contributed by atoms with Gasteiger partial charge in [0.15, 0.2) is 15.0 Å². The molecule has 0 aliphatic rings. The molecular formula is C24H22N2O4S2. The smallest absolute Gasteiger partial charge is 0.260 e. The van der Waals surface area contributed by atoms with Crippen LogP contribution in [0.3, 0.4) is 0 Å². The summed E-state index contributed by atoms with van der Waals surface area (Å²) in [4.78, 5) is 20.1. The molecule has 3 aromatic carbocycles. The maximum Gasteiger partial charge on any atom is 0.260 e. The van der Waals surface area contributed by atoms with E-state index in [-0.39, 0.29) is 10.8 Å². The molecule has 0 aliphatic carbocycles. The number of fused-ring (bicyclic) bond motifs is 1. The average Bonchev–Trinajstić information content (AvgIpc) is 3.24. The first-order valence-electron chi connectivity index (χ1n) is 9.88. The van der Waals surface area contributed by atoms with Crippen LogP contribution in [0.4, 0.5) is 5.13 Å². The number of carbonyl (C=O) groups excluding carboxylic acids is 1. The van der Waals surface area contributed by atoms with Crippen molar-refractivity contribution < 1.29 is 17.9 Å². The molecule has 1 amide bonds. The van der Waals surface area contributed by atoms with Gasteiger partial charge in [-0.3, -0.25) is 9.69 Å². The summed E-state index contributed by atoms with van der Waals surface area (Å²) in [5.74, 6) is 0.391. The molecule has 0 saturated carbocycles. The normalized spacial score (nSPS) is 11.5. The van der Waals surface area contributed by atoms with Gasteiger partial charge in [0.1, 0.15) is 11.3 Å². The number of methoxy groups -OCH3 is 1. The predicted octanol–water partition coefficient (Wildman–Crippen LogP) is 4.86. The molecule has 0 spiro atoms. The van der Waals surface area contributed by atoms with E-state index in [1.165, 1.54) is 35.6 Å². The third kappa shape index (κ3) is 4.37. The number of aryl methyl sites for hydroxylation is 1. The molecule has 8 heteroatoms. The molecule has 6 nitrogen and oxygen atoms in total. The number of amides is 1. The van der Waals surface area contributed by atoms with Gasteiger partial charge in [-0.1, -0.05) is 47.7 Å². The van der Waals surface area contributed by atoms with Crippen LogP contribution in [0.5, 0.6) is 5.75 Å². The summed E-state index contributed by atoms with van der Waals surface area (Å²) in [6, 6.07) is 19.5. The average molecular weight is 467 g/mol. The Labute approximate surface area is 191 Å². The second-order valence-corrected chi connectivity index (χ2v) is 10.4. The van der Waals surface area contributed by atoms with Gasteiger partial charge in [-0.15, -0.1) is 0 Å². The van der Waals surface area contributed by atoms with Crippen LogP contribution in [0, 0.1) is 6.92 Å². The quantitative estimate of drug-likeness (QED) is 0.405. The Bertz CT molecular complexity index is 1380. The summed E-state index contributed by atoms with van der Waals surface area (Å²) < 4.78 is 30.0. The van der Waals surface area contributed by atoms with Crippen molar-refractivity contribution in [2.45, 2.75) is 18.4 Å². The van der Waals surface area contributed by atoms with E-state index < -0.39 is 9.84 Å². The minimum Gasteiger partial charge on any atom is -0.494 e. The van der Waals surface area contributed by atoms with Gasteiger partial charge in [0.2, 0.25) is 0 Å². The minimum atomic E-state index is -3.35. The van der Waals surface area contributed by atoms with E-state index in [0.29, 0.717) is 28.5 Å². The monoisotopic (exact) mass is 466 g/mol. The maximum absolute atomic E-state index is 13.5. The highest BCUT2D eigenvalue weighted by molar-refractivity contribution is 7.90. The van der Waals surface area contributed by atoms with Crippen LogP contribution in [0.25, 0.3) is 10.2 Å². The molecule has 0 unspecified atom stereocenters. The zero-order chi connectivity index (χ0) is 22.9. The number of hydrogen-bond acceptors (Lipinski definition) is 6. The van der Waals surface area contributed by atoms with Gasteiger partial charge in [0, 0.05) is 11.8 Å². The molecule has 0 fully saturated rings. The lowest BCUT2D eigenvalue weighted by Crippen LogP contribution is -2.30. The van der Waals surface area contributed by atoms with E-state index in [1.807, 2.05) is 49.4 Å². The first-order chi connectivity index (χ1) is 15.3. The summed E-state index contributed by atoms with van der Waals surface area (Å²) >= 11 is 1.43. The molecule has 0 saturated heterocycles. The summed E-state index contributed by atoms with van der Waals surface area (Å²) in [6.45, 7) is 2.33. The zero-order valence-corrected chi connectivity index (χ0v) is 19.5. The van der Waals surface area contributed by atoms with Crippen molar-refractivity contribution in [2.24, 2.45) is 0 Å². The number of rotatable bonds is 6. The second kappa shape index (κ2) is 8.72. The number of thiazole rings is 1. The van der Waals surface area contributed by atoms with E-state index in [4.69, 9.17) is 9.72 Å². The standard InChI is InChI=1S/C24H22N2O4S2/c1-16-9-14-20(30-2)21-22(16)31-24(25-21)26(15-17-7-5-4-6-8-17)23(27)18-10-12-19(13-11-18)32(3,28)29/h4-14H,15H2,1-3H3. The summed E-state index contributed by atoms with van der Waals surface area (Å²) in [6.07, 6.45) is 1.14. The van der Waals surface area contributed by atoms with Crippen LogP contribution >= 0.6 is 11.3 Å². The lowest BCUT2D eigenvalue weighted by Gasteiger charge is -2.20. The van der Waals surface area contributed by atoms with Crippen molar-refractivity contribution in [3.63, 3.8) is 0 Å². The van der Waals surface area contributed by atoms with Crippen molar-refractivity contribution in [3.05, 3.63) is 83.4 Å². The van der Waals surface area contributed by atoms with E-state index in [0.717, 1.165) is 22.1 Å². The first kappa shape index (κ1) is 22.0. The van der Waals surface area contributed by atoms with Gasteiger partial charge in [-0.05, 0) is 48.4 Å². The molecule has 0 N–H and O–H groups in total. The fourth-order valence-electron chi connectivity index (χ4n) is 3.37.